The van der Waals surface area contributed by atoms with Gasteiger partial charge in [-0.2, -0.15) is 4.68 Å². The zero-order valence-electron chi connectivity index (χ0n) is 17.7. The maximum absolute atomic E-state index is 13.2. The van der Waals surface area contributed by atoms with Crippen molar-refractivity contribution >= 4 is 45.8 Å². The lowest BCUT2D eigenvalue weighted by Crippen LogP contribution is -2.37. The predicted octanol–water partition coefficient (Wildman–Crippen LogP) is 3.42. The summed E-state index contributed by atoms with van der Waals surface area (Å²) in [6.07, 6.45) is 3.87. The minimum absolute atomic E-state index is 0.190. The first kappa shape index (κ1) is 22.7. The maximum Gasteiger partial charge on any atom is 0.281 e. The predicted molar refractivity (Wildman–Crippen MR) is 130 cm³/mol. The van der Waals surface area contributed by atoms with E-state index in [9.17, 15) is 14.4 Å². The molecule has 4 rings (SSSR count). The fourth-order valence-electron chi connectivity index (χ4n) is 3.11. The molecular formula is C23H21N5O3S2. The summed E-state index contributed by atoms with van der Waals surface area (Å²) >= 11 is 2.41. The van der Waals surface area contributed by atoms with Crippen LogP contribution in [0.1, 0.15) is 28.6 Å². The van der Waals surface area contributed by atoms with Gasteiger partial charge in [0.15, 0.2) is 5.16 Å². The van der Waals surface area contributed by atoms with Crippen LogP contribution in [-0.4, -0.2) is 31.7 Å². The fourth-order valence-corrected chi connectivity index (χ4v) is 4.72. The Morgan fingerprint density at radius 1 is 1.15 bits per heavy atom. The number of para-hydroxylation sites is 1. The molecule has 1 aromatic carbocycles. The van der Waals surface area contributed by atoms with Gasteiger partial charge in [0.05, 0.1) is 21.0 Å². The van der Waals surface area contributed by atoms with Gasteiger partial charge in [0.25, 0.3) is 11.5 Å². The number of thioether (sulfide) groups is 1. The van der Waals surface area contributed by atoms with Crippen molar-refractivity contribution in [3.05, 3.63) is 87.1 Å². The standard InChI is InChI=1S/C23H21N5O3S2/c1-2-18(20(29)25-14-15-7-5-11-24-13-15)33-23-26-17-9-4-3-8-16(17)22(31)28(23)27-21(30)19-10-6-12-32-19/h3-13,18H,2,14H2,1H3,(H,25,29)(H,27,30). The van der Waals surface area contributed by atoms with Crippen LogP contribution < -0.4 is 16.3 Å². The first-order valence-electron chi connectivity index (χ1n) is 10.3. The smallest absolute Gasteiger partial charge is 0.281 e. The Labute approximate surface area is 198 Å². The van der Waals surface area contributed by atoms with Gasteiger partial charge in [-0.25, -0.2) is 4.98 Å². The van der Waals surface area contributed by atoms with Crippen molar-refractivity contribution in [2.45, 2.75) is 30.3 Å². The molecule has 0 spiro atoms. The van der Waals surface area contributed by atoms with Crippen LogP contribution in [0.3, 0.4) is 0 Å². The van der Waals surface area contributed by atoms with Crippen molar-refractivity contribution in [1.29, 1.82) is 0 Å². The number of thiophene rings is 1. The molecule has 0 aliphatic heterocycles. The Bertz CT molecular complexity index is 1320. The molecule has 168 valence electrons. The van der Waals surface area contributed by atoms with E-state index in [0.717, 1.165) is 22.0 Å². The highest BCUT2D eigenvalue weighted by Crippen LogP contribution is 2.25. The molecule has 0 radical (unpaired) electrons. The van der Waals surface area contributed by atoms with E-state index < -0.39 is 16.7 Å². The van der Waals surface area contributed by atoms with Crippen molar-refractivity contribution in [2.75, 3.05) is 5.43 Å². The molecule has 4 aromatic rings. The molecule has 0 aliphatic rings. The summed E-state index contributed by atoms with van der Waals surface area (Å²) in [4.78, 5) is 47.8. The molecule has 1 atom stereocenters. The minimum atomic E-state index is -0.514. The van der Waals surface area contributed by atoms with Crippen molar-refractivity contribution in [3.8, 4) is 0 Å². The number of nitrogens with one attached hydrogen (secondary N) is 2. The molecule has 8 nitrogen and oxygen atoms in total. The Morgan fingerprint density at radius 3 is 2.73 bits per heavy atom. The lowest BCUT2D eigenvalue weighted by molar-refractivity contribution is -0.120. The number of aromatic nitrogens is 3. The third kappa shape index (κ3) is 5.29. The van der Waals surface area contributed by atoms with Gasteiger partial charge in [0.2, 0.25) is 5.91 Å². The average molecular weight is 480 g/mol. The molecule has 0 saturated carbocycles. The number of pyridine rings is 1. The number of benzene rings is 1. The number of hydrogen-bond donors (Lipinski definition) is 2. The van der Waals surface area contributed by atoms with Crippen LogP contribution in [0.15, 0.2) is 76.3 Å². The summed E-state index contributed by atoms with van der Waals surface area (Å²) in [7, 11) is 0. The molecule has 10 heteroatoms. The number of hydrogen-bond acceptors (Lipinski definition) is 7. The topological polar surface area (TPSA) is 106 Å². The van der Waals surface area contributed by atoms with E-state index in [0.29, 0.717) is 28.7 Å². The van der Waals surface area contributed by atoms with E-state index >= 15 is 0 Å². The Balaban J connectivity index is 1.62. The van der Waals surface area contributed by atoms with Gasteiger partial charge in [-0.1, -0.05) is 43.0 Å². The lowest BCUT2D eigenvalue weighted by Gasteiger charge is -2.18. The van der Waals surface area contributed by atoms with Crippen LogP contribution in [0.25, 0.3) is 10.9 Å². The number of rotatable bonds is 8. The molecule has 0 saturated heterocycles. The summed E-state index contributed by atoms with van der Waals surface area (Å²) in [6, 6.07) is 14.0. The van der Waals surface area contributed by atoms with Gasteiger partial charge < -0.3 is 5.32 Å². The van der Waals surface area contributed by atoms with E-state index in [-0.39, 0.29) is 11.1 Å². The van der Waals surface area contributed by atoms with E-state index in [4.69, 9.17) is 0 Å². The monoisotopic (exact) mass is 479 g/mol. The van der Waals surface area contributed by atoms with Gasteiger partial charge in [0.1, 0.15) is 0 Å². The highest BCUT2D eigenvalue weighted by Gasteiger charge is 2.23. The van der Waals surface area contributed by atoms with Crippen LogP contribution in [0.4, 0.5) is 0 Å². The summed E-state index contributed by atoms with van der Waals surface area (Å²) in [5.74, 6) is -0.606. The average Bonchev–Trinajstić information content (AvgIpc) is 3.39. The number of fused-ring (bicyclic) bond motifs is 1. The first-order valence-corrected chi connectivity index (χ1v) is 12.0. The minimum Gasteiger partial charge on any atom is -0.351 e. The van der Waals surface area contributed by atoms with Crippen molar-refractivity contribution in [1.82, 2.24) is 20.0 Å². The zero-order chi connectivity index (χ0) is 23.2. The second-order valence-electron chi connectivity index (χ2n) is 7.06. The quantitative estimate of drug-likeness (QED) is 0.296. The number of carbonyl (C=O) groups excluding carboxylic acids is 2. The Kier molecular flexibility index (Phi) is 7.16. The summed E-state index contributed by atoms with van der Waals surface area (Å²) in [6.45, 7) is 2.23. The summed E-state index contributed by atoms with van der Waals surface area (Å²) < 4.78 is 1.13. The molecule has 33 heavy (non-hydrogen) atoms. The van der Waals surface area contributed by atoms with Crippen LogP contribution in [0, 0.1) is 0 Å². The molecular weight excluding hydrogens is 458 g/mol. The van der Waals surface area contributed by atoms with Gasteiger partial charge in [0, 0.05) is 18.9 Å². The van der Waals surface area contributed by atoms with Gasteiger partial charge in [-0.15, -0.1) is 11.3 Å². The Hall–Kier alpha value is -3.50. The molecule has 0 fully saturated rings. The van der Waals surface area contributed by atoms with Gasteiger partial charge in [-0.3, -0.25) is 24.8 Å². The van der Waals surface area contributed by atoms with E-state index in [1.807, 2.05) is 19.1 Å². The third-order valence-electron chi connectivity index (χ3n) is 4.80. The SMILES string of the molecule is CCC(Sc1nc2ccccc2c(=O)n1NC(=O)c1cccs1)C(=O)NCc1cccnc1. The van der Waals surface area contributed by atoms with E-state index in [1.54, 1.807) is 54.2 Å². The summed E-state index contributed by atoms with van der Waals surface area (Å²) in [5, 5.41) is 4.79. The van der Waals surface area contributed by atoms with E-state index in [1.165, 1.54) is 11.3 Å². The number of amides is 2. The molecule has 1 unspecified atom stereocenters. The largest absolute Gasteiger partial charge is 0.351 e. The van der Waals surface area contributed by atoms with Gasteiger partial charge in [-0.05, 0) is 41.6 Å². The normalized spacial score (nSPS) is 11.8. The number of nitrogens with zero attached hydrogens (tertiary/aromatic N) is 3. The van der Waals surface area contributed by atoms with Crippen LogP contribution in [0.2, 0.25) is 0 Å². The second kappa shape index (κ2) is 10.4. The fraction of sp³-hybridized carbons (Fsp3) is 0.174. The highest BCUT2D eigenvalue weighted by molar-refractivity contribution is 8.00. The summed E-state index contributed by atoms with van der Waals surface area (Å²) in [5.41, 5.74) is 3.63. The molecule has 3 heterocycles. The molecule has 0 bridgehead atoms. The van der Waals surface area contributed by atoms with E-state index in [2.05, 4.69) is 20.7 Å². The van der Waals surface area contributed by atoms with Gasteiger partial charge >= 0.3 is 0 Å². The van der Waals surface area contributed by atoms with Crippen LogP contribution in [0.5, 0.6) is 0 Å². The van der Waals surface area contributed by atoms with Crippen LogP contribution in [-0.2, 0) is 11.3 Å². The lowest BCUT2D eigenvalue weighted by atomic mass is 10.2. The maximum atomic E-state index is 13.2. The molecule has 0 aliphatic carbocycles. The third-order valence-corrected chi connectivity index (χ3v) is 6.99. The molecule has 3 aromatic heterocycles. The highest BCUT2D eigenvalue weighted by atomic mass is 32.2. The van der Waals surface area contributed by atoms with Crippen molar-refractivity contribution < 1.29 is 9.59 Å². The van der Waals surface area contributed by atoms with Crippen LogP contribution >= 0.6 is 23.1 Å². The van der Waals surface area contributed by atoms with Crippen molar-refractivity contribution in [2.24, 2.45) is 0 Å². The molecule has 2 amide bonds. The number of carbonyl (C=O) groups is 2. The zero-order valence-corrected chi connectivity index (χ0v) is 19.4. The second-order valence-corrected chi connectivity index (χ2v) is 9.18. The molecule has 2 N–H and O–H groups in total. The first-order chi connectivity index (χ1) is 16.1. The Morgan fingerprint density at radius 2 is 2.00 bits per heavy atom. The van der Waals surface area contributed by atoms with Crippen molar-refractivity contribution in [3.63, 3.8) is 0 Å².